The lowest BCUT2D eigenvalue weighted by Gasteiger charge is -2.09. The van der Waals surface area contributed by atoms with Gasteiger partial charge in [-0.2, -0.15) is 17.9 Å². The third-order valence-corrected chi connectivity index (χ3v) is 5.61. The highest BCUT2D eigenvalue weighted by Crippen LogP contribution is 2.29. The minimum atomic E-state index is -4.64. The van der Waals surface area contributed by atoms with Crippen LogP contribution in [0.5, 0.6) is 0 Å². The molecule has 0 spiro atoms. The zero-order chi connectivity index (χ0) is 20.0. The molecule has 0 saturated carbocycles. The standard InChI is InChI=1S/C15H14F3N5O3S/c1-3-27(25,26)11-6-10(19-2)7-20-13(11)23-14(24)22-8-9(15(16,17)18)4-5-12(22)21-23/h4-8,19H,3H2,1-2H3. The van der Waals surface area contributed by atoms with Gasteiger partial charge in [-0.15, -0.1) is 5.10 Å². The molecule has 0 aliphatic heterocycles. The Kier molecular flexibility index (Phi) is 4.46. The average molecular weight is 401 g/mol. The van der Waals surface area contributed by atoms with Gasteiger partial charge in [-0.1, -0.05) is 6.92 Å². The van der Waals surface area contributed by atoms with Gasteiger partial charge < -0.3 is 5.32 Å². The van der Waals surface area contributed by atoms with Gasteiger partial charge in [-0.25, -0.2) is 22.6 Å². The normalized spacial score (nSPS) is 12.5. The van der Waals surface area contributed by atoms with E-state index < -0.39 is 27.3 Å². The average Bonchev–Trinajstić information content (AvgIpc) is 2.96. The van der Waals surface area contributed by atoms with Crippen molar-refractivity contribution in [2.45, 2.75) is 18.0 Å². The van der Waals surface area contributed by atoms with Crippen LogP contribution in [0.3, 0.4) is 0 Å². The number of aromatic nitrogens is 4. The third kappa shape index (κ3) is 3.27. The van der Waals surface area contributed by atoms with Crippen molar-refractivity contribution in [3.05, 3.63) is 46.6 Å². The van der Waals surface area contributed by atoms with Crippen LogP contribution in [0.2, 0.25) is 0 Å². The van der Waals surface area contributed by atoms with Crippen molar-refractivity contribution >= 4 is 21.2 Å². The first-order valence-corrected chi connectivity index (χ1v) is 9.33. The van der Waals surface area contributed by atoms with E-state index in [1.54, 1.807) is 7.05 Å². The summed E-state index contributed by atoms with van der Waals surface area (Å²) in [4.78, 5) is 16.3. The summed E-state index contributed by atoms with van der Waals surface area (Å²) in [5.74, 6) is -0.534. The first-order valence-electron chi connectivity index (χ1n) is 7.68. The summed E-state index contributed by atoms with van der Waals surface area (Å²) < 4.78 is 64.8. The van der Waals surface area contributed by atoms with Crippen molar-refractivity contribution in [3.63, 3.8) is 0 Å². The van der Waals surface area contributed by atoms with E-state index in [-0.39, 0.29) is 22.1 Å². The maximum atomic E-state index is 12.9. The van der Waals surface area contributed by atoms with Crippen molar-refractivity contribution in [1.82, 2.24) is 19.2 Å². The van der Waals surface area contributed by atoms with Crippen LogP contribution in [0, 0.1) is 0 Å². The first kappa shape index (κ1) is 18.9. The lowest BCUT2D eigenvalue weighted by molar-refractivity contribution is -0.137. The number of sulfone groups is 1. The number of alkyl halides is 3. The van der Waals surface area contributed by atoms with Crippen LogP contribution >= 0.6 is 0 Å². The quantitative estimate of drug-likeness (QED) is 0.715. The fourth-order valence-corrected chi connectivity index (χ4v) is 3.43. The lowest BCUT2D eigenvalue weighted by atomic mass is 10.3. The van der Waals surface area contributed by atoms with Crippen molar-refractivity contribution in [2.75, 3.05) is 18.1 Å². The molecule has 0 fully saturated rings. The molecule has 0 radical (unpaired) electrons. The number of nitrogens with one attached hydrogen (secondary N) is 1. The summed E-state index contributed by atoms with van der Waals surface area (Å²) in [5, 5.41) is 6.66. The largest absolute Gasteiger partial charge is 0.417 e. The molecule has 3 aromatic heterocycles. The number of rotatable bonds is 4. The van der Waals surface area contributed by atoms with Gasteiger partial charge in [0.25, 0.3) is 0 Å². The number of anilines is 1. The van der Waals surface area contributed by atoms with Gasteiger partial charge in [0, 0.05) is 13.2 Å². The van der Waals surface area contributed by atoms with Gasteiger partial charge in [0.2, 0.25) is 0 Å². The highest BCUT2D eigenvalue weighted by molar-refractivity contribution is 7.91. The Morgan fingerprint density at radius 1 is 1.26 bits per heavy atom. The van der Waals surface area contributed by atoms with E-state index in [0.29, 0.717) is 21.0 Å². The van der Waals surface area contributed by atoms with E-state index >= 15 is 0 Å². The predicted molar refractivity (Wildman–Crippen MR) is 90.9 cm³/mol. The topological polar surface area (TPSA) is 98.4 Å². The third-order valence-electron chi connectivity index (χ3n) is 3.88. The van der Waals surface area contributed by atoms with E-state index in [0.717, 1.165) is 12.1 Å². The minimum absolute atomic E-state index is 0.0765. The summed E-state index contributed by atoms with van der Waals surface area (Å²) in [7, 11) is -2.22. The minimum Gasteiger partial charge on any atom is -0.387 e. The molecule has 0 aliphatic carbocycles. The van der Waals surface area contributed by atoms with Crippen LogP contribution in [-0.4, -0.2) is 40.4 Å². The molecule has 27 heavy (non-hydrogen) atoms. The molecule has 0 unspecified atom stereocenters. The number of hydrogen-bond acceptors (Lipinski definition) is 6. The molecule has 1 N–H and O–H groups in total. The monoisotopic (exact) mass is 401 g/mol. The number of fused-ring (bicyclic) bond motifs is 1. The Morgan fingerprint density at radius 2 is 1.96 bits per heavy atom. The Bertz CT molecular complexity index is 1180. The van der Waals surface area contributed by atoms with Crippen LogP contribution < -0.4 is 11.0 Å². The van der Waals surface area contributed by atoms with Gasteiger partial charge in [-0.3, -0.25) is 0 Å². The number of halogens is 3. The van der Waals surface area contributed by atoms with Crippen LogP contribution in [0.15, 0.2) is 40.3 Å². The van der Waals surface area contributed by atoms with Crippen LogP contribution in [0.25, 0.3) is 11.5 Å². The van der Waals surface area contributed by atoms with Gasteiger partial charge in [0.05, 0.1) is 23.2 Å². The second-order valence-corrected chi connectivity index (χ2v) is 7.78. The van der Waals surface area contributed by atoms with Gasteiger partial charge in [-0.05, 0) is 18.2 Å². The summed E-state index contributed by atoms with van der Waals surface area (Å²) in [6, 6.07) is 3.10. The maximum absolute atomic E-state index is 12.9. The number of pyridine rings is 2. The molecule has 3 heterocycles. The SMILES string of the molecule is CCS(=O)(=O)c1cc(NC)cnc1-n1nc2ccc(C(F)(F)F)cn2c1=O. The van der Waals surface area contributed by atoms with E-state index in [2.05, 4.69) is 15.4 Å². The van der Waals surface area contributed by atoms with Crippen molar-refractivity contribution in [3.8, 4) is 5.82 Å². The summed E-state index contributed by atoms with van der Waals surface area (Å²) in [6.07, 6.45) is -2.74. The molecular weight excluding hydrogens is 387 g/mol. The Hall–Kier alpha value is -2.89. The molecule has 0 aliphatic rings. The van der Waals surface area contributed by atoms with Crippen LogP contribution in [0.4, 0.5) is 18.9 Å². The van der Waals surface area contributed by atoms with E-state index in [9.17, 15) is 26.4 Å². The molecule has 0 amide bonds. The van der Waals surface area contributed by atoms with E-state index in [1.165, 1.54) is 19.2 Å². The molecule has 3 rings (SSSR count). The Balaban J connectivity index is 2.30. The van der Waals surface area contributed by atoms with Crippen molar-refractivity contribution in [2.24, 2.45) is 0 Å². The number of nitrogens with zero attached hydrogens (tertiary/aromatic N) is 4. The van der Waals surface area contributed by atoms with Crippen LogP contribution in [0.1, 0.15) is 12.5 Å². The maximum Gasteiger partial charge on any atom is 0.417 e. The fraction of sp³-hybridized carbons (Fsp3) is 0.267. The fourth-order valence-electron chi connectivity index (χ4n) is 2.40. The van der Waals surface area contributed by atoms with E-state index in [1.807, 2.05) is 0 Å². The van der Waals surface area contributed by atoms with Gasteiger partial charge in [0.15, 0.2) is 21.3 Å². The van der Waals surface area contributed by atoms with Crippen molar-refractivity contribution < 1.29 is 21.6 Å². The zero-order valence-electron chi connectivity index (χ0n) is 14.1. The molecule has 144 valence electrons. The molecule has 0 saturated heterocycles. The van der Waals surface area contributed by atoms with Crippen LogP contribution in [-0.2, 0) is 16.0 Å². The summed E-state index contributed by atoms with van der Waals surface area (Å²) >= 11 is 0. The van der Waals surface area contributed by atoms with Gasteiger partial charge >= 0.3 is 11.9 Å². The predicted octanol–water partition coefficient (Wildman–Crippen LogP) is 1.73. The molecule has 8 nitrogen and oxygen atoms in total. The zero-order valence-corrected chi connectivity index (χ0v) is 15.0. The Morgan fingerprint density at radius 3 is 2.56 bits per heavy atom. The molecule has 3 aromatic rings. The molecule has 0 atom stereocenters. The van der Waals surface area contributed by atoms with Gasteiger partial charge in [0.1, 0.15) is 4.90 Å². The number of hydrogen-bond donors (Lipinski definition) is 1. The first-order chi connectivity index (χ1) is 12.6. The summed E-state index contributed by atoms with van der Waals surface area (Å²) in [5.41, 5.74) is -1.68. The molecule has 12 heteroatoms. The molecule has 0 aromatic carbocycles. The molecular formula is C15H14F3N5O3S. The second kappa shape index (κ2) is 6.37. The van der Waals surface area contributed by atoms with Crippen molar-refractivity contribution in [1.29, 1.82) is 0 Å². The van der Waals surface area contributed by atoms with E-state index in [4.69, 9.17) is 0 Å². The smallest absolute Gasteiger partial charge is 0.387 e. The Labute approximate surface area is 151 Å². The lowest BCUT2D eigenvalue weighted by Crippen LogP contribution is -2.23. The summed E-state index contributed by atoms with van der Waals surface area (Å²) in [6.45, 7) is 1.42. The molecule has 0 bridgehead atoms. The highest BCUT2D eigenvalue weighted by Gasteiger charge is 2.31. The highest BCUT2D eigenvalue weighted by atomic mass is 32.2. The second-order valence-electron chi connectivity index (χ2n) is 5.54.